The maximum Gasteiger partial charge on any atom is 0.255 e. The maximum atomic E-state index is 11.5. The zero-order chi connectivity index (χ0) is 12.7. The molecule has 0 saturated carbocycles. The van der Waals surface area contributed by atoms with Gasteiger partial charge in [-0.05, 0) is 33.2 Å². The molecule has 96 valence electrons. The lowest BCUT2D eigenvalue weighted by molar-refractivity contribution is 0.660. The van der Waals surface area contributed by atoms with Gasteiger partial charge in [0.2, 0.25) is 5.95 Å². The Bertz CT molecular complexity index is 400. The first-order chi connectivity index (χ1) is 8.15. The van der Waals surface area contributed by atoms with Crippen molar-refractivity contribution in [1.82, 2.24) is 9.97 Å². The summed E-state index contributed by atoms with van der Waals surface area (Å²) in [6.07, 6.45) is 4.46. The first-order valence-electron chi connectivity index (χ1n) is 6.16. The molecular formula is C12H22N4O. The molecule has 1 aromatic heterocycles. The minimum atomic E-state index is -0.0665. The van der Waals surface area contributed by atoms with Crippen LogP contribution in [0.3, 0.4) is 0 Å². The Labute approximate surface area is 102 Å². The van der Waals surface area contributed by atoms with Crippen LogP contribution in [0.4, 0.5) is 5.95 Å². The van der Waals surface area contributed by atoms with Crippen molar-refractivity contribution < 1.29 is 0 Å². The van der Waals surface area contributed by atoms with Gasteiger partial charge in [0.05, 0.1) is 0 Å². The van der Waals surface area contributed by atoms with Gasteiger partial charge in [-0.1, -0.05) is 12.8 Å². The lowest BCUT2D eigenvalue weighted by Gasteiger charge is -2.06. The van der Waals surface area contributed by atoms with Crippen LogP contribution in [0, 0.1) is 13.8 Å². The monoisotopic (exact) mass is 238 g/mol. The fraction of sp³-hybridized carbons (Fsp3) is 0.667. The van der Waals surface area contributed by atoms with Crippen molar-refractivity contribution in [2.75, 3.05) is 18.4 Å². The van der Waals surface area contributed by atoms with Gasteiger partial charge in [-0.25, -0.2) is 4.98 Å². The van der Waals surface area contributed by atoms with E-state index in [9.17, 15) is 4.79 Å². The summed E-state index contributed by atoms with van der Waals surface area (Å²) in [4.78, 5) is 18.5. The molecule has 0 saturated heterocycles. The van der Waals surface area contributed by atoms with E-state index in [2.05, 4.69) is 15.3 Å². The van der Waals surface area contributed by atoms with Gasteiger partial charge >= 0.3 is 0 Å². The number of nitrogens with one attached hydrogen (secondary N) is 2. The van der Waals surface area contributed by atoms with Crippen molar-refractivity contribution >= 4 is 5.95 Å². The van der Waals surface area contributed by atoms with Crippen molar-refractivity contribution in [3.05, 3.63) is 21.6 Å². The van der Waals surface area contributed by atoms with Gasteiger partial charge in [0.25, 0.3) is 5.56 Å². The zero-order valence-corrected chi connectivity index (χ0v) is 10.7. The molecule has 0 unspecified atom stereocenters. The molecule has 0 amide bonds. The number of unbranched alkanes of at least 4 members (excludes halogenated alkanes) is 3. The second-order valence-corrected chi connectivity index (χ2v) is 4.25. The van der Waals surface area contributed by atoms with E-state index in [1.807, 2.05) is 6.92 Å². The highest BCUT2D eigenvalue weighted by molar-refractivity contribution is 5.28. The number of aromatic nitrogens is 2. The van der Waals surface area contributed by atoms with E-state index in [4.69, 9.17) is 5.73 Å². The molecule has 17 heavy (non-hydrogen) atoms. The second-order valence-electron chi connectivity index (χ2n) is 4.25. The largest absolute Gasteiger partial charge is 0.356 e. The summed E-state index contributed by atoms with van der Waals surface area (Å²) in [5, 5.41) is 3.13. The van der Waals surface area contributed by atoms with Crippen molar-refractivity contribution in [3.8, 4) is 0 Å². The first-order valence-corrected chi connectivity index (χ1v) is 6.16. The maximum absolute atomic E-state index is 11.5. The summed E-state index contributed by atoms with van der Waals surface area (Å²) >= 11 is 0. The Kier molecular flexibility index (Phi) is 5.69. The first kappa shape index (κ1) is 13.7. The van der Waals surface area contributed by atoms with E-state index in [-0.39, 0.29) is 5.56 Å². The average molecular weight is 238 g/mol. The number of H-pyrrole nitrogens is 1. The van der Waals surface area contributed by atoms with Gasteiger partial charge in [0, 0.05) is 17.8 Å². The molecule has 0 aliphatic heterocycles. The van der Waals surface area contributed by atoms with Crippen molar-refractivity contribution in [2.45, 2.75) is 39.5 Å². The molecule has 5 heteroatoms. The Hall–Kier alpha value is -1.36. The van der Waals surface area contributed by atoms with Gasteiger partial charge in [0.1, 0.15) is 0 Å². The third-order valence-corrected chi connectivity index (χ3v) is 2.82. The van der Waals surface area contributed by atoms with Gasteiger partial charge in [0.15, 0.2) is 0 Å². The predicted molar refractivity (Wildman–Crippen MR) is 70.3 cm³/mol. The topological polar surface area (TPSA) is 83.8 Å². The third kappa shape index (κ3) is 4.56. The number of hydrogen-bond acceptors (Lipinski definition) is 4. The molecule has 4 N–H and O–H groups in total. The standard InChI is InChI=1S/C12H22N4O/c1-9-10(2)15-12(16-11(9)17)14-8-6-4-3-5-7-13/h3-8,13H2,1-2H3,(H2,14,15,16,17). The molecule has 1 heterocycles. The molecule has 0 aliphatic carbocycles. The number of anilines is 1. The minimum Gasteiger partial charge on any atom is -0.356 e. The minimum absolute atomic E-state index is 0.0665. The quantitative estimate of drug-likeness (QED) is 0.625. The summed E-state index contributed by atoms with van der Waals surface area (Å²) in [7, 11) is 0. The third-order valence-electron chi connectivity index (χ3n) is 2.82. The number of rotatable bonds is 7. The number of aromatic amines is 1. The van der Waals surface area contributed by atoms with Gasteiger partial charge in [-0.3, -0.25) is 9.78 Å². The normalized spacial score (nSPS) is 10.5. The molecule has 0 fully saturated rings. The summed E-state index contributed by atoms with van der Waals surface area (Å²) in [5.74, 6) is 0.567. The highest BCUT2D eigenvalue weighted by Gasteiger charge is 2.02. The SMILES string of the molecule is Cc1nc(NCCCCCCN)[nH]c(=O)c1C. The molecule has 1 aromatic rings. The summed E-state index contributed by atoms with van der Waals surface area (Å²) in [6, 6.07) is 0. The summed E-state index contributed by atoms with van der Waals surface area (Å²) in [6.45, 7) is 5.21. The fourth-order valence-corrected chi connectivity index (χ4v) is 1.56. The fourth-order valence-electron chi connectivity index (χ4n) is 1.56. The van der Waals surface area contributed by atoms with E-state index in [0.717, 1.165) is 44.5 Å². The van der Waals surface area contributed by atoms with Crippen molar-refractivity contribution in [3.63, 3.8) is 0 Å². The predicted octanol–water partition coefficient (Wildman–Crippen LogP) is 1.32. The number of nitrogens with zero attached hydrogens (tertiary/aromatic N) is 1. The van der Waals surface area contributed by atoms with E-state index < -0.39 is 0 Å². The highest BCUT2D eigenvalue weighted by atomic mass is 16.1. The molecule has 0 aliphatic rings. The number of aryl methyl sites for hydroxylation is 1. The van der Waals surface area contributed by atoms with Crippen LogP contribution in [0.5, 0.6) is 0 Å². The molecule has 0 aromatic carbocycles. The van der Waals surface area contributed by atoms with Gasteiger partial charge in [-0.2, -0.15) is 0 Å². The molecular weight excluding hydrogens is 216 g/mol. The van der Waals surface area contributed by atoms with Crippen LogP contribution in [0.2, 0.25) is 0 Å². The van der Waals surface area contributed by atoms with E-state index in [1.54, 1.807) is 6.92 Å². The molecule has 0 atom stereocenters. The van der Waals surface area contributed by atoms with Gasteiger partial charge < -0.3 is 11.1 Å². The van der Waals surface area contributed by atoms with Crippen molar-refractivity contribution in [2.24, 2.45) is 5.73 Å². The molecule has 1 rings (SSSR count). The van der Waals surface area contributed by atoms with Crippen LogP contribution in [-0.4, -0.2) is 23.1 Å². The van der Waals surface area contributed by atoms with Crippen LogP contribution in [0.15, 0.2) is 4.79 Å². The van der Waals surface area contributed by atoms with Crippen LogP contribution >= 0.6 is 0 Å². The number of nitrogens with two attached hydrogens (primary N) is 1. The van der Waals surface area contributed by atoms with E-state index in [1.165, 1.54) is 0 Å². The van der Waals surface area contributed by atoms with Crippen LogP contribution < -0.4 is 16.6 Å². The van der Waals surface area contributed by atoms with Crippen molar-refractivity contribution in [1.29, 1.82) is 0 Å². The zero-order valence-electron chi connectivity index (χ0n) is 10.7. The molecule has 0 radical (unpaired) electrons. The van der Waals surface area contributed by atoms with E-state index >= 15 is 0 Å². The smallest absolute Gasteiger partial charge is 0.255 e. The lowest BCUT2D eigenvalue weighted by atomic mass is 10.2. The molecule has 0 bridgehead atoms. The summed E-state index contributed by atoms with van der Waals surface area (Å²) in [5.41, 5.74) is 6.81. The summed E-state index contributed by atoms with van der Waals surface area (Å²) < 4.78 is 0. The van der Waals surface area contributed by atoms with E-state index in [0.29, 0.717) is 11.5 Å². The molecule has 0 spiro atoms. The van der Waals surface area contributed by atoms with Crippen LogP contribution in [0.25, 0.3) is 0 Å². The number of hydrogen-bond donors (Lipinski definition) is 3. The van der Waals surface area contributed by atoms with Gasteiger partial charge in [-0.15, -0.1) is 0 Å². The second kappa shape index (κ2) is 7.06. The van der Waals surface area contributed by atoms with Crippen LogP contribution in [-0.2, 0) is 0 Å². The van der Waals surface area contributed by atoms with Crippen LogP contribution in [0.1, 0.15) is 36.9 Å². The average Bonchev–Trinajstić information content (AvgIpc) is 2.30. The Balaban J connectivity index is 2.35. The Morgan fingerprint density at radius 3 is 2.59 bits per heavy atom. The Morgan fingerprint density at radius 2 is 1.94 bits per heavy atom. The lowest BCUT2D eigenvalue weighted by Crippen LogP contribution is -2.17. The molecule has 5 nitrogen and oxygen atoms in total. The Morgan fingerprint density at radius 1 is 1.24 bits per heavy atom. The highest BCUT2D eigenvalue weighted by Crippen LogP contribution is 2.02.